The molecule has 1 aromatic rings. The molecule has 1 aromatic carbocycles. The average molecular weight is 342 g/mol. The molecule has 0 fully saturated rings. The summed E-state index contributed by atoms with van der Waals surface area (Å²) in [6.07, 6.45) is 0. The number of hydrogen-bond donors (Lipinski definition) is 1. The number of rotatable bonds is 6. The minimum atomic E-state index is -2.87. The minimum absolute atomic E-state index is 0.0635. The van der Waals surface area contributed by atoms with Crippen LogP contribution < -0.4 is 10.1 Å². The van der Waals surface area contributed by atoms with Crippen LogP contribution in [0.4, 0.5) is 8.78 Å². The van der Waals surface area contributed by atoms with Crippen molar-refractivity contribution in [3.8, 4) is 5.75 Å². The van der Waals surface area contributed by atoms with Crippen LogP contribution in [-0.2, 0) is 16.1 Å². The molecule has 0 spiro atoms. The first-order valence-electron chi connectivity index (χ1n) is 7.60. The van der Waals surface area contributed by atoms with Crippen LogP contribution in [0.3, 0.4) is 0 Å². The summed E-state index contributed by atoms with van der Waals surface area (Å²) in [4.78, 5) is 25.7. The molecule has 2 amide bonds. The molecule has 1 N–H and O–H groups in total. The highest BCUT2D eigenvalue weighted by Gasteiger charge is 2.26. The smallest absolute Gasteiger partial charge is 0.387 e. The Morgan fingerprint density at radius 1 is 1.21 bits per heavy atom. The van der Waals surface area contributed by atoms with Gasteiger partial charge in [0, 0.05) is 19.0 Å². The monoisotopic (exact) mass is 342 g/mol. The van der Waals surface area contributed by atoms with E-state index in [1.807, 2.05) is 0 Å². The molecule has 0 aliphatic rings. The van der Waals surface area contributed by atoms with Crippen molar-refractivity contribution in [2.45, 2.75) is 46.9 Å². The molecule has 5 nitrogen and oxygen atoms in total. The Bertz CT molecular complexity index is 568. The van der Waals surface area contributed by atoms with E-state index < -0.39 is 18.1 Å². The lowest BCUT2D eigenvalue weighted by atomic mass is 9.95. The van der Waals surface area contributed by atoms with Crippen LogP contribution in [-0.4, -0.2) is 36.4 Å². The van der Waals surface area contributed by atoms with Gasteiger partial charge in [-0.1, -0.05) is 32.9 Å². The number of halogens is 2. The largest absolute Gasteiger partial charge is 0.435 e. The third kappa shape index (κ3) is 6.14. The SMILES string of the molecule is CC(NC(=O)C(C)(C)C)C(=O)N(C)Cc1ccc(OC(F)F)cc1. The maximum absolute atomic E-state index is 12.3. The normalized spacial score (nSPS) is 12.7. The van der Waals surface area contributed by atoms with Gasteiger partial charge in [-0.3, -0.25) is 9.59 Å². The van der Waals surface area contributed by atoms with Crippen molar-refractivity contribution in [3.63, 3.8) is 0 Å². The molecule has 134 valence electrons. The van der Waals surface area contributed by atoms with Gasteiger partial charge in [0.05, 0.1) is 0 Å². The first kappa shape index (κ1) is 19.9. The van der Waals surface area contributed by atoms with Crippen LogP contribution in [0, 0.1) is 5.41 Å². The summed E-state index contributed by atoms with van der Waals surface area (Å²) >= 11 is 0. The molecule has 0 aromatic heterocycles. The fraction of sp³-hybridized carbons (Fsp3) is 0.529. The molecule has 0 saturated heterocycles. The maximum atomic E-state index is 12.3. The molecule has 0 aliphatic heterocycles. The van der Waals surface area contributed by atoms with Crippen molar-refractivity contribution in [2.75, 3.05) is 7.05 Å². The molecule has 1 unspecified atom stereocenters. The van der Waals surface area contributed by atoms with E-state index in [0.29, 0.717) is 6.54 Å². The number of carbonyl (C=O) groups excluding carboxylic acids is 2. The Balaban J connectivity index is 2.61. The fourth-order valence-electron chi connectivity index (χ4n) is 1.93. The summed E-state index contributed by atoms with van der Waals surface area (Å²) in [5, 5.41) is 2.68. The summed E-state index contributed by atoms with van der Waals surface area (Å²) in [7, 11) is 1.62. The second kappa shape index (κ2) is 8.08. The summed E-state index contributed by atoms with van der Waals surface area (Å²) in [5.74, 6) is -0.376. The van der Waals surface area contributed by atoms with Gasteiger partial charge in [0.15, 0.2) is 0 Å². The average Bonchev–Trinajstić information content (AvgIpc) is 2.46. The number of likely N-dealkylation sites (N-methyl/N-ethyl adjacent to an activating group) is 1. The Hall–Kier alpha value is -2.18. The summed E-state index contributed by atoms with van der Waals surface area (Å²) < 4.78 is 28.5. The number of nitrogens with zero attached hydrogens (tertiary/aromatic N) is 1. The van der Waals surface area contributed by atoms with E-state index >= 15 is 0 Å². The minimum Gasteiger partial charge on any atom is -0.435 e. The molecule has 0 aliphatic carbocycles. The zero-order valence-electron chi connectivity index (χ0n) is 14.6. The number of carbonyl (C=O) groups is 2. The van der Waals surface area contributed by atoms with Crippen LogP contribution in [0.25, 0.3) is 0 Å². The second-order valence-electron chi connectivity index (χ2n) is 6.66. The molecule has 7 heteroatoms. The summed E-state index contributed by atoms with van der Waals surface area (Å²) in [6.45, 7) is 4.36. The van der Waals surface area contributed by atoms with E-state index in [1.54, 1.807) is 46.9 Å². The lowest BCUT2D eigenvalue weighted by molar-refractivity contribution is -0.137. The Morgan fingerprint density at radius 2 is 1.75 bits per heavy atom. The lowest BCUT2D eigenvalue weighted by Crippen LogP contribution is -2.48. The third-order valence-electron chi connectivity index (χ3n) is 3.34. The van der Waals surface area contributed by atoms with Gasteiger partial charge in [0.2, 0.25) is 11.8 Å². The van der Waals surface area contributed by atoms with Crippen molar-refractivity contribution >= 4 is 11.8 Å². The highest BCUT2D eigenvalue weighted by Crippen LogP contribution is 2.16. The zero-order chi connectivity index (χ0) is 18.5. The van der Waals surface area contributed by atoms with Crippen LogP contribution in [0.1, 0.15) is 33.3 Å². The number of nitrogens with one attached hydrogen (secondary N) is 1. The topological polar surface area (TPSA) is 58.6 Å². The van der Waals surface area contributed by atoms with Crippen molar-refractivity contribution in [1.82, 2.24) is 10.2 Å². The Morgan fingerprint density at radius 3 is 2.21 bits per heavy atom. The Labute approximate surface area is 141 Å². The number of ether oxygens (including phenoxy) is 1. The molecule has 0 heterocycles. The fourth-order valence-corrected chi connectivity index (χ4v) is 1.93. The van der Waals surface area contributed by atoms with E-state index in [4.69, 9.17) is 0 Å². The van der Waals surface area contributed by atoms with Gasteiger partial charge in [-0.2, -0.15) is 8.78 Å². The Kier molecular flexibility index (Phi) is 6.69. The van der Waals surface area contributed by atoms with E-state index in [0.717, 1.165) is 5.56 Å². The van der Waals surface area contributed by atoms with Gasteiger partial charge in [0.1, 0.15) is 11.8 Å². The molecular formula is C17H24F2N2O3. The van der Waals surface area contributed by atoms with Gasteiger partial charge >= 0.3 is 6.61 Å². The number of benzene rings is 1. The summed E-state index contributed by atoms with van der Waals surface area (Å²) in [6, 6.07) is 5.41. The predicted octanol–water partition coefficient (Wildman–Crippen LogP) is 2.80. The van der Waals surface area contributed by atoms with Crippen molar-refractivity contribution in [2.24, 2.45) is 5.41 Å². The molecular weight excluding hydrogens is 318 g/mol. The first-order chi connectivity index (χ1) is 11.0. The van der Waals surface area contributed by atoms with Crippen LogP contribution in [0.15, 0.2) is 24.3 Å². The van der Waals surface area contributed by atoms with Crippen LogP contribution in [0.5, 0.6) is 5.75 Å². The number of hydrogen-bond acceptors (Lipinski definition) is 3. The van der Waals surface area contributed by atoms with Crippen LogP contribution >= 0.6 is 0 Å². The molecule has 1 rings (SSSR count). The van der Waals surface area contributed by atoms with Gasteiger partial charge in [-0.25, -0.2) is 0 Å². The number of amides is 2. The maximum Gasteiger partial charge on any atom is 0.387 e. The molecule has 0 radical (unpaired) electrons. The van der Waals surface area contributed by atoms with Crippen LogP contribution in [0.2, 0.25) is 0 Å². The highest BCUT2D eigenvalue weighted by atomic mass is 19.3. The van der Waals surface area contributed by atoms with Crippen molar-refractivity contribution in [1.29, 1.82) is 0 Å². The highest BCUT2D eigenvalue weighted by molar-refractivity contribution is 5.89. The predicted molar refractivity (Wildman–Crippen MR) is 86.6 cm³/mol. The summed E-state index contributed by atoms with van der Waals surface area (Å²) in [5.41, 5.74) is 0.190. The number of alkyl halides is 2. The van der Waals surface area contributed by atoms with Crippen molar-refractivity contribution in [3.05, 3.63) is 29.8 Å². The molecule has 0 bridgehead atoms. The quantitative estimate of drug-likeness (QED) is 0.865. The van der Waals surface area contributed by atoms with Gasteiger partial charge in [-0.15, -0.1) is 0 Å². The van der Waals surface area contributed by atoms with E-state index in [2.05, 4.69) is 10.1 Å². The van der Waals surface area contributed by atoms with E-state index in [1.165, 1.54) is 17.0 Å². The first-order valence-corrected chi connectivity index (χ1v) is 7.60. The van der Waals surface area contributed by atoms with Crippen molar-refractivity contribution < 1.29 is 23.1 Å². The molecule has 1 atom stereocenters. The second-order valence-corrected chi connectivity index (χ2v) is 6.66. The zero-order valence-corrected chi connectivity index (χ0v) is 14.6. The van der Waals surface area contributed by atoms with E-state index in [9.17, 15) is 18.4 Å². The molecule has 24 heavy (non-hydrogen) atoms. The van der Waals surface area contributed by atoms with E-state index in [-0.39, 0.29) is 17.6 Å². The van der Waals surface area contributed by atoms with Gasteiger partial charge in [0.25, 0.3) is 0 Å². The standard InChI is InChI=1S/C17H24F2N2O3/c1-11(20-15(23)17(2,3)4)14(22)21(5)10-12-6-8-13(9-7-12)24-16(18)19/h6-9,11,16H,10H2,1-5H3,(H,20,23). The molecule has 0 saturated carbocycles. The van der Waals surface area contributed by atoms with Gasteiger partial charge < -0.3 is 15.0 Å². The van der Waals surface area contributed by atoms with Gasteiger partial charge in [-0.05, 0) is 24.6 Å². The third-order valence-corrected chi connectivity index (χ3v) is 3.34. The lowest BCUT2D eigenvalue weighted by Gasteiger charge is -2.25.